The molecule has 4 nitrogen and oxygen atoms in total. The quantitative estimate of drug-likeness (QED) is 0.788. The van der Waals surface area contributed by atoms with E-state index in [2.05, 4.69) is 35.6 Å². The van der Waals surface area contributed by atoms with Crippen molar-refractivity contribution >= 4 is 0 Å². The highest BCUT2D eigenvalue weighted by Gasteiger charge is 2.29. The molecule has 17 heavy (non-hydrogen) atoms. The van der Waals surface area contributed by atoms with Crippen LogP contribution in [0.4, 0.5) is 0 Å². The minimum absolute atomic E-state index is 0.193. The van der Waals surface area contributed by atoms with Crippen molar-refractivity contribution in [1.29, 1.82) is 0 Å². The maximum atomic E-state index is 5.59. The van der Waals surface area contributed by atoms with E-state index in [1.165, 1.54) is 0 Å². The third-order valence-electron chi connectivity index (χ3n) is 3.31. The largest absolute Gasteiger partial charge is 0.377 e. The number of hydrogen-bond donors (Lipinski definition) is 1. The summed E-state index contributed by atoms with van der Waals surface area (Å²) in [6, 6.07) is 0.272. The Hall–Kier alpha value is -0.870. The van der Waals surface area contributed by atoms with Crippen LogP contribution in [0, 0.1) is 0 Å². The van der Waals surface area contributed by atoms with Gasteiger partial charge in [0.15, 0.2) is 0 Å². The summed E-state index contributed by atoms with van der Waals surface area (Å²) in [5, 5.41) is 3.55. The summed E-state index contributed by atoms with van der Waals surface area (Å²) in [4.78, 5) is 4.38. The van der Waals surface area contributed by atoms with Crippen LogP contribution in [0.3, 0.4) is 0 Å². The highest BCUT2D eigenvalue weighted by Crippen LogP contribution is 2.17. The molecule has 0 saturated heterocycles. The fraction of sp³-hybridized carbons (Fsp3) is 0.769. The maximum absolute atomic E-state index is 5.59. The van der Waals surface area contributed by atoms with Crippen LogP contribution < -0.4 is 5.32 Å². The van der Waals surface area contributed by atoms with Crippen LogP contribution in [0.1, 0.15) is 33.0 Å². The number of nitrogens with one attached hydrogen (secondary N) is 1. The van der Waals surface area contributed by atoms with E-state index < -0.39 is 0 Å². The van der Waals surface area contributed by atoms with Crippen molar-refractivity contribution in [2.45, 2.75) is 45.3 Å². The topological polar surface area (TPSA) is 39.1 Å². The van der Waals surface area contributed by atoms with Gasteiger partial charge < -0.3 is 14.6 Å². The molecule has 0 aliphatic carbocycles. The summed E-state index contributed by atoms with van der Waals surface area (Å²) in [7, 11) is 3.79. The number of imidazole rings is 1. The second-order valence-electron chi connectivity index (χ2n) is 4.97. The second kappa shape index (κ2) is 6.17. The van der Waals surface area contributed by atoms with Crippen LogP contribution in [0.5, 0.6) is 0 Å². The Labute approximate surface area is 104 Å². The molecule has 1 aromatic rings. The summed E-state index contributed by atoms with van der Waals surface area (Å²) >= 11 is 0. The van der Waals surface area contributed by atoms with Gasteiger partial charge in [-0.2, -0.15) is 0 Å². The van der Waals surface area contributed by atoms with Crippen LogP contribution in [-0.2, 0) is 18.2 Å². The standard InChI is InChI=1S/C13H25N3O/c1-6-7-14-11(13(2,3)17-5)10-12-15-8-9-16(12)4/h8-9,11,14H,6-7,10H2,1-5H3. The SMILES string of the molecule is CCCNC(Cc1nccn1C)C(C)(C)OC. The van der Waals surface area contributed by atoms with Crippen LogP contribution in [0.15, 0.2) is 12.4 Å². The lowest BCUT2D eigenvalue weighted by Crippen LogP contribution is -2.50. The monoisotopic (exact) mass is 239 g/mol. The van der Waals surface area contributed by atoms with E-state index in [0.29, 0.717) is 0 Å². The van der Waals surface area contributed by atoms with Gasteiger partial charge in [-0.1, -0.05) is 6.92 Å². The summed E-state index contributed by atoms with van der Waals surface area (Å²) in [6.07, 6.45) is 5.82. The van der Waals surface area contributed by atoms with Crippen molar-refractivity contribution < 1.29 is 4.74 Å². The van der Waals surface area contributed by atoms with Gasteiger partial charge in [-0.3, -0.25) is 0 Å². The molecule has 1 heterocycles. The Kier molecular flexibility index (Phi) is 5.15. The van der Waals surface area contributed by atoms with Gasteiger partial charge in [0.2, 0.25) is 0 Å². The van der Waals surface area contributed by atoms with Crippen LogP contribution in [-0.4, -0.2) is 34.8 Å². The van der Waals surface area contributed by atoms with E-state index in [0.717, 1.165) is 25.2 Å². The van der Waals surface area contributed by atoms with Crippen molar-refractivity contribution in [3.05, 3.63) is 18.2 Å². The zero-order valence-electron chi connectivity index (χ0n) is 11.7. The lowest BCUT2D eigenvalue weighted by atomic mass is 9.95. The number of ether oxygens (including phenoxy) is 1. The Balaban J connectivity index is 2.73. The predicted octanol–water partition coefficient (Wildman–Crippen LogP) is 1.76. The number of rotatable bonds is 7. The van der Waals surface area contributed by atoms with Crippen LogP contribution in [0.25, 0.3) is 0 Å². The van der Waals surface area contributed by atoms with Gasteiger partial charge in [0.05, 0.1) is 5.60 Å². The zero-order chi connectivity index (χ0) is 12.9. The Bertz CT molecular complexity index is 333. The first kappa shape index (κ1) is 14.2. The lowest BCUT2D eigenvalue weighted by Gasteiger charge is -2.33. The minimum Gasteiger partial charge on any atom is -0.377 e. The average molecular weight is 239 g/mol. The second-order valence-corrected chi connectivity index (χ2v) is 4.97. The van der Waals surface area contributed by atoms with E-state index in [9.17, 15) is 0 Å². The zero-order valence-corrected chi connectivity index (χ0v) is 11.7. The molecule has 1 rings (SSSR count). The molecule has 0 amide bonds. The molecule has 1 unspecified atom stereocenters. The average Bonchev–Trinajstić information content (AvgIpc) is 2.70. The highest BCUT2D eigenvalue weighted by atomic mass is 16.5. The van der Waals surface area contributed by atoms with Gasteiger partial charge in [0, 0.05) is 39.0 Å². The fourth-order valence-electron chi connectivity index (χ4n) is 1.80. The molecule has 1 aromatic heterocycles. The van der Waals surface area contributed by atoms with Gasteiger partial charge in [-0.15, -0.1) is 0 Å². The molecule has 4 heteroatoms. The normalized spacial score (nSPS) is 13.9. The predicted molar refractivity (Wildman–Crippen MR) is 70.1 cm³/mol. The van der Waals surface area contributed by atoms with Gasteiger partial charge in [0.1, 0.15) is 5.82 Å². The van der Waals surface area contributed by atoms with Crippen molar-refractivity contribution in [3.8, 4) is 0 Å². The molecule has 0 radical (unpaired) electrons. The molecule has 0 spiro atoms. The Morgan fingerprint density at radius 1 is 1.53 bits per heavy atom. The van der Waals surface area contributed by atoms with E-state index >= 15 is 0 Å². The number of aromatic nitrogens is 2. The summed E-state index contributed by atoms with van der Waals surface area (Å²) < 4.78 is 7.65. The summed E-state index contributed by atoms with van der Waals surface area (Å²) in [5.41, 5.74) is -0.193. The third-order valence-corrected chi connectivity index (χ3v) is 3.31. The smallest absolute Gasteiger partial charge is 0.110 e. The third kappa shape index (κ3) is 3.82. The molecule has 0 fully saturated rings. The molecule has 0 bridgehead atoms. The molecule has 0 aliphatic heterocycles. The van der Waals surface area contributed by atoms with Crippen molar-refractivity contribution in [1.82, 2.24) is 14.9 Å². The number of methoxy groups -OCH3 is 1. The first-order valence-electron chi connectivity index (χ1n) is 6.26. The van der Waals surface area contributed by atoms with Gasteiger partial charge in [-0.25, -0.2) is 4.98 Å². The summed E-state index contributed by atoms with van der Waals surface area (Å²) in [5.74, 6) is 1.09. The minimum atomic E-state index is -0.193. The van der Waals surface area contributed by atoms with Crippen molar-refractivity contribution in [2.24, 2.45) is 7.05 Å². The van der Waals surface area contributed by atoms with Crippen LogP contribution >= 0.6 is 0 Å². The van der Waals surface area contributed by atoms with Crippen LogP contribution in [0.2, 0.25) is 0 Å². The fourth-order valence-corrected chi connectivity index (χ4v) is 1.80. The van der Waals surface area contributed by atoms with E-state index in [4.69, 9.17) is 4.74 Å². The summed E-state index contributed by atoms with van der Waals surface area (Å²) in [6.45, 7) is 7.40. The highest BCUT2D eigenvalue weighted by molar-refractivity contribution is 4.99. The number of aryl methyl sites for hydroxylation is 1. The van der Waals surface area contributed by atoms with Crippen molar-refractivity contribution in [3.63, 3.8) is 0 Å². The Morgan fingerprint density at radius 3 is 2.71 bits per heavy atom. The van der Waals surface area contributed by atoms with Gasteiger partial charge >= 0.3 is 0 Å². The number of nitrogens with zero attached hydrogens (tertiary/aromatic N) is 2. The van der Waals surface area contributed by atoms with Gasteiger partial charge in [-0.05, 0) is 26.8 Å². The molecule has 1 N–H and O–H groups in total. The first-order valence-corrected chi connectivity index (χ1v) is 6.26. The van der Waals surface area contributed by atoms with E-state index in [-0.39, 0.29) is 11.6 Å². The lowest BCUT2D eigenvalue weighted by molar-refractivity contribution is -0.0106. The molecule has 98 valence electrons. The Morgan fingerprint density at radius 2 is 2.24 bits per heavy atom. The molecular formula is C13H25N3O. The molecule has 0 aliphatic rings. The number of hydrogen-bond acceptors (Lipinski definition) is 3. The molecule has 0 saturated carbocycles. The van der Waals surface area contributed by atoms with Crippen molar-refractivity contribution in [2.75, 3.05) is 13.7 Å². The molecular weight excluding hydrogens is 214 g/mol. The molecule has 0 aromatic carbocycles. The van der Waals surface area contributed by atoms with Gasteiger partial charge in [0.25, 0.3) is 0 Å². The first-order chi connectivity index (χ1) is 8.01. The van der Waals surface area contributed by atoms with E-state index in [1.807, 2.05) is 19.4 Å². The molecule has 1 atom stereocenters. The van der Waals surface area contributed by atoms with E-state index in [1.54, 1.807) is 7.11 Å². The maximum Gasteiger partial charge on any atom is 0.110 e.